The van der Waals surface area contributed by atoms with Crippen LogP contribution in [0.5, 0.6) is 5.75 Å². The Morgan fingerprint density at radius 3 is 2.77 bits per heavy atom. The summed E-state index contributed by atoms with van der Waals surface area (Å²) in [5.41, 5.74) is 2.15. The molecule has 2 heterocycles. The summed E-state index contributed by atoms with van der Waals surface area (Å²) in [6.07, 6.45) is 6.16. The minimum absolute atomic E-state index is 0.217. The average Bonchev–Trinajstić information content (AvgIpc) is 3.45. The molecule has 1 aliphatic carbocycles. The number of ether oxygens (including phenoxy) is 1. The van der Waals surface area contributed by atoms with Crippen molar-refractivity contribution in [3.8, 4) is 11.4 Å². The maximum atomic E-state index is 9.14. The van der Waals surface area contributed by atoms with Gasteiger partial charge in [-0.1, -0.05) is 6.92 Å². The van der Waals surface area contributed by atoms with Crippen LogP contribution in [-0.2, 0) is 12.8 Å². The first-order valence-corrected chi connectivity index (χ1v) is 11.1. The Morgan fingerprint density at radius 1 is 1.23 bits per heavy atom. The molecule has 0 spiro atoms. The summed E-state index contributed by atoms with van der Waals surface area (Å²) in [5.74, 6) is 3.82. The van der Waals surface area contributed by atoms with E-state index >= 15 is 0 Å². The fraction of sp³-hybridized carbons (Fsp3) is 0.522. The molecule has 8 heteroatoms. The third kappa shape index (κ3) is 4.97. The van der Waals surface area contributed by atoms with Crippen LogP contribution in [0.15, 0.2) is 34.7 Å². The molecule has 2 aromatic heterocycles. The lowest BCUT2D eigenvalue weighted by Gasteiger charge is -2.19. The number of nitrogens with one attached hydrogen (secondary N) is 1. The van der Waals surface area contributed by atoms with E-state index in [2.05, 4.69) is 33.8 Å². The summed E-state index contributed by atoms with van der Waals surface area (Å²) in [5, 5.41) is 25.3. The molecule has 2 atom stereocenters. The third-order valence-electron chi connectivity index (χ3n) is 5.89. The fourth-order valence-corrected chi connectivity index (χ4v) is 4.12. The zero-order valence-electron chi connectivity index (χ0n) is 18.3. The van der Waals surface area contributed by atoms with Crippen LogP contribution < -0.4 is 10.1 Å². The van der Waals surface area contributed by atoms with Gasteiger partial charge in [0.1, 0.15) is 23.3 Å². The van der Waals surface area contributed by atoms with Gasteiger partial charge in [-0.05, 0) is 90.9 Å². The van der Waals surface area contributed by atoms with Gasteiger partial charge in [-0.3, -0.25) is 0 Å². The molecule has 0 aliphatic heterocycles. The lowest BCUT2D eigenvalue weighted by atomic mass is 9.98. The first-order chi connectivity index (χ1) is 15.2. The second-order valence-electron chi connectivity index (χ2n) is 8.26. The highest BCUT2D eigenvalue weighted by atomic mass is 16.5. The average molecular weight is 426 g/mol. The summed E-state index contributed by atoms with van der Waals surface area (Å²) in [4.78, 5) is 0. The van der Waals surface area contributed by atoms with Gasteiger partial charge in [-0.15, -0.1) is 5.10 Å². The van der Waals surface area contributed by atoms with E-state index in [1.165, 1.54) is 18.4 Å². The number of nitrogens with zero attached hydrogens (tertiary/aromatic N) is 4. The van der Waals surface area contributed by atoms with Crippen LogP contribution in [0, 0.1) is 5.92 Å². The second-order valence-corrected chi connectivity index (χ2v) is 8.26. The van der Waals surface area contributed by atoms with Crippen LogP contribution in [0.25, 0.3) is 5.69 Å². The van der Waals surface area contributed by atoms with Crippen LogP contribution in [0.4, 0.5) is 0 Å². The van der Waals surface area contributed by atoms with Gasteiger partial charge in [0.05, 0.1) is 12.8 Å². The highest BCUT2D eigenvalue weighted by Gasteiger charge is 2.27. The Labute approximate surface area is 182 Å². The molecule has 166 valence electrons. The number of hydrogen-bond donors (Lipinski definition) is 2. The number of fused-ring (bicyclic) bond motifs is 1. The van der Waals surface area contributed by atoms with Gasteiger partial charge in [-0.2, -0.15) is 4.68 Å². The molecule has 4 rings (SSSR count). The van der Waals surface area contributed by atoms with Crippen LogP contribution in [0.1, 0.15) is 61.6 Å². The van der Waals surface area contributed by atoms with Crippen molar-refractivity contribution in [2.75, 3.05) is 20.3 Å². The van der Waals surface area contributed by atoms with Crippen molar-refractivity contribution in [3.05, 3.63) is 53.2 Å². The van der Waals surface area contributed by atoms with Gasteiger partial charge >= 0.3 is 0 Å². The molecule has 2 N–H and O–H groups in total. The molecule has 0 saturated heterocycles. The van der Waals surface area contributed by atoms with Crippen LogP contribution in [-0.4, -0.2) is 45.6 Å². The van der Waals surface area contributed by atoms with Crippen LogP contribution in [0.3, 0.4) is 0 Å². The highest BCUT2D eigenvalue weighted by molar-refractivity contribution is 5.38. The van der Waals surface area contributed by atoms with Gasteiger partial charge in [0.25, 0.3) is 0 Å². The number of aryl methyl sites for hydroxylation is 2. The molecular weight excluding hydrogens is 394 g/mol. The number of hydrogen-bond acceptors (Lipinski definition) is 7. The van der Waals surface area contributed by atoms with Crippen LogP contribution >= 0.6 is 0 Å². The lowest BCUT2D eigenvalue weighted by Crippen LogP contribution is -2.29. The topological polar surface area (TPSA) is 98.2 Å². The van der Waals surface area contributed by atoms with Gasteiger partial charge in [0.15, 0.2) is 5.82 Å². The van der Waals surface area contributed by atoms with E-state index in [1.807, 2.05) is 24.3 Å². The molecule has 1 aliphatic rings. The van der Waals surface area contributed by atoms with E-state index in [0.717, 1.165) is 55.2 Å². The predicted octanol–water partition coefficient (Wildman–Crippen LogP) is 3.23. The van der Waals surface area contributed by atoms with Crippen molar-refractivity contribution in [1.29, 1.82) is 0 Å². The maximum absolute atomic E-state index is 9.14. The summed E-state index contributed by atoms with van der Waals surface area (Å²) in [6, 6.07) is 9.56. The second kappa shape index (κ2) is 10.1. The van der Waals surface area contributed by atoms with Crippen LogP contribution in [0.2, 0.25) is 0 Å². The number of rotatable bonds is 10. The number of furan rings is 1. The number of aliphatic hydroxyl groups excluding tert-OH is 1. The maximum Gasteiger partial charge on any atom is 0.181 e. The SMILES string of the molecule is COc1ccc(-n2nnnc2C(NCC(C)CCCO)c2cc3c(o2)CCCC3)cc1. The largest absolute Gasteiger partial charge is 0.497 e. The summed E-state index contributed by atoms with van der Waals surface area (Å²) >= 11 is 0. The molecule has 0 radical (unpaired) electrons. The highest BCUT2D eigenvalue weighted by Crippen LogP contribution is 2.31. The van der Waals surface area contributed by atoms with Crippen molar-refractivity contribution < 1.29 is 14.3 Å². The van der Waals surface area contributed by atoms with E-state index in [0.29, 0.717) is 11.7 Å². The fourth-order valence-electron chi connectivity index (χ4n) is 4.12. The molecule has 3 aromatic rings. The van der Waals surface area contributed by atoms with E-state index in [-0.39, 0.29) is 12.6 Å². The molecule has 0 amide bonds. The molecule has 2 unspecified atom stereocenters. The Balaban J connectivity index is 1.64. The standard InChI is InChI=1S/C23H31N5O3/c1-16(6-5-13-29)15-24-22(21-14-17-7-3-4-8-20(17)31-21)23-25-26-27-28(23)18-9-11-19(30-2)12-10-18/h9-12,14,16,22,24,29H,3-8,13,15H2,1-2H3. The molecule has 0 fully saturated rings. The van der Waals surface area contributed by atoms with E-state index in [1.54, 1.807) is 11.8 Å². The molecule has 1 aromatic carbocycles. The molecule has 8 nitrogen and oxygen atoms in total. The van der Waals surface area contributed by atoms with E-state index in [9.17, 15) is 0 Å². The molecule has 0 bridgehead atoms. The summed E-state index contributed by atoms with van der Waals surface area (Å²) in [6.45, 7) is 3.17. The number of aromatic nitrogens is 4. The molecular formula is C23H31N5O3. The van der Waals surface area contributed by atoms with Crippen molar-refractivity contribution in [3.63, 3.8) is 0 Å². The van der Waals surface area contributed by atoms with Gasteiger partial charge in [0.2, 0.25) is 0 Å². The number of aliphatic hydroxyl groups is 1. The Hall–Kier alpha value is -2.71. The molecule has 0 saturated carbocycles. The quantitative estimate of drug-likeness (QED) is 0.514. The van der Waals surface area contributed by atoms with Gasteiger partial charge in [0, 0.05) is 13.0 Å². The zero-order chi connectivity index (χ0) is 21.6. The lowest BCUT2D eigenvalue weighted by molar-refractivity contribution is 0.270. The predicted molar refractivity (Wildman–Crippen MR) is 116 cm³/mol. The monoisotopic (exact) mass is 425 g/mol. The Kier molecular flexibility index (Phi) is 6.99. The van der Waals surface area contributed by atoms with E-state index in [4.69, 9.17) is 14.3 Å². The third-order valence-corrected chi connectivity index (χ3v) is 5.89. The van der Waals surface area contributed by atoms with Gasteiger partial charge < -0.3 is 19.6 Å². The number of methoxy groups -OCH3 is 1. The normalized spacial score (nSPS) is 15.5. The summed E-state index contributed by atoms with van der Waals surface area (Å²) < 4.78 is 13.3. The van der Waals surface area contributed by atoms with Crippen molar-refractivity contribution in [2.24, 2.45) is 5.92 Å². The van der Waals surface area contributed by atoms with Gasteiger partial charge in [-0.25, -0.2) is 0 Å². The van der Waals surface area contributed by atoms with E-state index < -0.39 is 0 Å². The Bertz CT molecular complexity index is 943. The van der Waals surface area contributed by atoms with Crippen molar-refractivity contribution >= 4 is 0 Å². The first kappa shape index (κ1) is 21.5. The number of benzene rings is 1. The van der Waals surface area contributed by atoms with Crippen molar-refractivity contribution in [1.82, 2.24) is 25.5 Å². The molecule has 31 heavy (non-hydrogen) atoms. The minimum Gasteiger partial charge on any atom is -0.497 e. The van der Waals surface area contributed by atoms with Crippen molar-refractivity contribution in [2.45, 2.75) is 51.5 Å². The first-order valence-electron chi connectivity index (χ1n) is 11.1. The minimum atomic E-state index is -0.265. The summed E-state index contributed by atoms with van der Waals surface area (Å²) in [7, 11) is 1.65. The smallest absolute Gasteiger partial charge is 0.181 e. The zero-order valence-corrected chi connectivity index (χ0v) is 18.3. The Morgan fingerprint density at radius 2 is 2.03 bits per heavy atom. The number of tetrazole rings is 1.